The molecule has 2 N–H and O–H groups in total. The quantitative estimate of drug-likeness (QED) is 0.541. The highest BCUT2D eigenvalue weighted by molar-refractivity contribution is 7.85. The van der Waals surface area contributed by atoms with Gasteiger partial charge in [-0.15, -0.1) is 0 Å². The van der Waals surface area contributed by atoms with Crippen molar-refractivity contribution in [2.75, 3.05) is 26.1 Å². The molecule has 1 rings (SSSR count). The van der Waals surface area contributed by atoms with Gasteiger partial charge in [-0.2, -0.15) is 8.42 Å². The Bertz CT molecular complexity index is 326. The predicted octanol–water partition coefficient (Wildman–Crippen LogP) is 0.0293. The Balaban J connectivity index is 0.000000437. The molecule has 1 aliphatic heterocycles. The van der Waals surface area contributed by atoms with E-state index < -0.39 is 10.1 Å². The van der Waals surface area contributed by atoms with Crippen LogP contribution in [0.5, 0.6) is 0 Å². The summed E-state index contributed by atoms with van der Waals surface area (Å²) in [5.74, 6) is 5.19. The Labute approximate surface area is 102 Å². The standard InChI is InChI=1S/C9H14O3.CH4O3S/c10-6-2-4-8-12-9-5-1-3-7-11-9;1-5(2,3)4/h9-10H,1,3,5-8H2;1H3,(H,2,3,4). The largest absolute Gasteiger partial charge is 0.384 e. The van der Waals surface area contributed by atoms with E-state index in [1.807, 2.05) is 0 Å². The zero-order chi connectivity index (χ0) is 13.1. The van der Waals surface area contributed by atoms with Crippen LogP contribution in [0, 0.1) is 11.8 Å². The molecule has 6 nitrogen and oxygen atoms in total. The van der Waals surface area contributed by atoms with E-state index in [0.717, 1.165) is 25.9 Å². The van der Waals surface area contributed by atoms with Gasteiger partial charge in [0.2, 0.25) is 0 Å². The fourth-order valence-corrected chi connectivity index (χ4v) is 1.08. The van der Waals surface area contributed by atoms with Gasteiger partial charge in [0.25, 0.3) is 10.1 Å². The first-order valence-electron chi connectivity index (χ1n) is 5.15. The maximum atomic E-state index is 9.19. The summed E-state index contributed by atoms with van der Waals surface area (Å²) < 4.78 is 36.5. The third-order valence-electron chi connectivity index (χ3n) is 1.68. The minimum Gasteiger partial charge on any atom is -0.384 e. The van der Waals surface area contributed by atoms with Crippen molar-refractivity contribution in [1.29, 1.82) is 0 Å². The fourth-order valence-electron chi connectivity index (χ4n) is 1.08. The highest BCUT2D eigenvalue weighted by Gasteiger charge is 2.12. The average Bonchev–Trinajstić information content (AvgIpc) is 2.24. The first-order chi connectivity index (χ1) is 7.93. The van der Waals surface area contributed by atoms with E-state index in [9.17, 15) is 8.42 Å². The summed E-state index contributed by atoms with van der Waals surface area (Å²) >= 11 is 0. The van der Waals surface area contributed by atoms with Gasteiger partial charge in [0.15, 0.2) is 6.29 Å². The second-order valence-corrected chi connectivity index (χ2v) is 4.82. The van der Waals surface area contributed by atoms with Gasteiger partial charge in [-0.1, -0.05) is 11.8 Å². The minimum atomic E-state index is -3.67. The van der Waals surface area contributed by atoms with Crippen molar-refractivity contribution >= 4 is 10.1 Å². The van der Waals surface area contributed by atoms with Gasteiger partial charge >= 0.3 is 0 Å². The molecule has 0 aliphatic carbocycles. The summed E-state index contributed by atoms with van der Waals surface area (Å²) in [6.45, 7) is 1.04. The highest BCUT2D eigenvalue weighted by Crippen LogP contribution is 2.12. The lowest BCUT2D eigenvalue weighted by Gasteiger charge is -2.21. The van der Waals surface area contributed by atoms with Crippen molar-refractivity contribution in [2.45, 2.75) is 25.6 Å². The molecular formula is C10H18O6S. The van der Waals surface area contributed by atoms with Crippen LogP contribution in [0.15, 0.2) is 0 Å². The molecule has 1 aliphatic rings. The summed E-state index contributed by atoms with van der Waals surface area (Å²) in [6, 6.07) is 0. The average molecular weight is 266 g/mol. The van der Waals surface area contributed by atoms with Crippen molar-refractivity contribution in [3.05, 3.63) is 0 Å². The Morgan fingerprint density at radius 1 is 1.41 bits per heavy atom. The molecule has 0 aromatic carbocycles. The van der Waals surface area contributed by atoms with Crippen molar-refractivity contribution < 1.29 is 27.6 Å². The topological polar surface area (TPSA) is 93.1 Å². The molecule has 0 amide bonds. The van der Waals surface area contributed by atoms with E-state index in [1.54, 1.807) is 0 Å². The molecule has 0 aromatic rings. The zero-order valence-electron chi connectivity index (χ0n) is 9.76. The molecule has 0 spiro atoms. The van der Waals surface area contributed by atoms with Gasteiger partial charge in [-0.05, 0) is 19.3 Å². The van der Waals surface area contributed by atoms with Gasteiger partial charge in [-0.3, -0.25) is 4.55 Å². The molecule has 1 unspecified atom stereocenters. The zero-order valence-corrected chi connectivity index (χ0v) is 10.6. The molecular weight excluding hydrogens is 248 g/mol. The number of hydrogen-bond donors (Lipinski definition) is 2. The van der Waals surface area contributed by atoms with Crippen LogP contribution in [-0.2, 0) is 19.6 Å². The Hall–Kier alpha value is -0.650. The van der Waals surface area contributed by atoms with Crippen molar-refractivity contribution in [1.82, 2.24) is 0 Å². The molecule has 1 fully saturated rings. The summed E-state index contributed by atoms with van der Waals surface area (Å²) in [5.41, 5.74) is 0. The molecule has 17 heavy (non-hydrogen) atoms. The summed E-state index contributed by atoms with van der Waals surface area (Å²) in [6.07, 6.45) is 3.89. The van der Waals surface area contributed by atoms with Crippen LogP contribution in [-0.4, -0.2) is 50.4 Å². The van der Waals surface area contributed by atoms with E-state index >= 15 is 0 Å². The van der Waals surface area contributed by atoms with E-state index in [1.165, 1.54) is 0 Å². The van der Waals surface area contributed by atoms with Crippen LogP contribution in [0.4, 0.5) is 0 Å². The van der Waals surface area contributed by atoms with Crippen LogP contribution < -0.4 is 0 Å². The normalized spacial score (nSPS) is 19.6. The van der Waals surface area contributed by atoms with Gasteiger partial charge in [-0.25, -0.2) is 0 Å². The third-order valence-corrected chi connectivity index (χ3v) is 1.68. The molecule has 1 atom stereocenters. The van der Waals surface area contributed by atoms with Crippen molar-refractivity contribution in [2.24, 2.45) is 0 Å². The Kier molecular flexibility index (Phi) is 9.03. The number of aliphatic hydroxyl groups is 1. The monoisotopic (exact) mass is 266 g/mol. The number of hydrogen-bond acceptors (Lipinski definition) is 5. The molecule has 100 valence electrons. The van der Waals surface area contributed by atoms with Gasteiger partial charge in [0, 0.05) is 6.61 Å². The third kappa shape index (κ3) is 15.4. The number of aliphatic hydroxyl groups excluding tert-OH is 1. The Morgan fingerprint density at radius 3 is 2.53 bits per heavy atom. The first kappa shape index (κ1) is 16.4. The van der Waals surface area contributed by atoms with Gasteiger partial charge < -0.3 is 14.6 Å². The maximum absolute atomic E-state index is 9.19. The van der Waals surface area contributed by atoms with Crippen LogP contribution in [0.1, 0.15) is 19.3 Å². The van der Waals surface area contributed by atoms with Crippen LogP contribution in [0.25, 0.3) is 0 Å². The lowest BCUT2D eigenvalue weighted by Crippen LogP contribution is -2.22. The molecule has 7 heteroatoms. The molecule has 0 radical (unpaired) electrons. The fraction of sp³-hybridized carbons (Fsp3) is 0.800. The van der Waals surface area contributed by atoms with E-state index in [2.05, 4.69) is 11.8 Å². The predicted molar refractivity (Wildman–Crippen MR) is 61.9 cm³/mol. The van der Waals surface area contributed by atoms with Crippen LogP contribution in [0.2, 0.25) is 0 Å². The van der Waals surface area contributed by atoms with E-state index in [0.29, 0.717) is 12.9 Å². The summed E-state index contributed by atoms with van der Waals surface area (Å²) in [7, 11) is -3.67. The first-order valence-corrected chi connectivity index (χ1v) is 7.00. The van der Waals surface area contributed by atoms with Gasteiger partial charge in [0.1, 0.15) is 13.2 Å². The van der Waals surface area contributed by atoms with Crippen molar-refractivity contribution in [3.63, 3.8) is 0 Å². The van der Waals surface area contributed by atoms with Gasteiger partial charge in [0.05, 0.1) is 6.26 Å². The molecule has 1 saturated heterocycles. The van der Waals surface area contributed by atoms with Crippen LogP contribution in [0.3, 0.4) is 0 Å². The smallest absolute Gasteiger partial charge is 0.261 e. The lowest BCUT2D eigenvalue weighted by molar-refractivity contribution is -0.154. The summed E-state index contributed by atoms with van der Waals surface area (Å²) in [5, 5.41) is 8.34. The number of rotatable bonds is 2. The second kappa shape index (κ2) is 9.39. The highest BCUT2D eigenvalue weighted by atomic mass is 32.2. The minimum absolute atomic E-state index is 0.0771. The van der Waals surface area contributed by atoms with E-state index in [4.69, 9.17) is 19.1 Å². The molecule has 1 heterocycles. The lowest BCUT2D eigenvalue weighted by atomic mass is 10.2. The number of ether oxygens (including phenoxy) is 2. The van der Waals surface area contributed by atoms with Crippen molar-refractivity contribution in [3.8, 4) is 11.8 Å². The molecule has 0 bridgehead atoms. The molecule has 0 saturated carbocycles. The maximum Gasteiger partial charge on any atom is 0.261 e. The summed E-state index contributed by atoms with van der Waals surface area (Å²) in [4.78, 5) is 0. The van der Waals surface area contributed by atoms with Crippen LogP contribution >= 0.6 is 0 Å². The molecule has 0 aromatic heterocycles. The second-order valence-electron chi connectivity index (χ2n) is 3.35. The SMILES string of the molecule is CS(=O)(=O)O.OCC#CCOC1CCCCO1. The van der Waals surface area contributed by atoms with E-state index in [-0.39, 0.29) is 12.9 Å². The Morgan fingerprint density at radius 2 is 2.06 bits per heavy atom.